The van der Waals surface area contributed by atoms with Crippen LogP contribution in [0.25, 0.3) is 0 Å². The number of benzene rings is 1. The molecule has 2 saturated heterocycles. The van der Waals surface area contributed by atoms with Crippen LogP contribution in [0.2, 0.25) is 5.02 Å². The predicted octanol–water partition coefficient (Wildman–Crippen LogP) is 2.73. The summed E-state index contributed by atoms with van der Waals surface area (Å²) in [5.41, 5.74) is 0.800. The third-order valence-electron chi connectivity index (χ3n) is 5.11. The summed E-state index contributed by atoms with van der Waals surface area (Å²) in [6.07, 6.45) is 2.72. The van der Waals surface area contributed by atoms with Gasteiger partial charge in [-0.05, 0) is 29.8 Å². The predicted molar refractivity (Wildman–Crippen MR) is 123 cm³/mol. The van der Waals surface area contributed by atoms with Crippen LogP contribution in [0.15, 0.2) is 63.8 Å². The van der Waals surface area contributed by atoms with Gasteiger partial charge in [0.2, 0.25) is 0 Å². The van der Waals surface area contributed by atoms with Crippen LogP contribution in [-0.2, 0) is 27.7 Å². The number of halogens is 1. The van der Waals surface area contributed by atoms with E-state index in [2.05, 4.69) is 10.3 Å². The molecule has 0 aliphatic carbocycles. The lowest BCUT2D eigenvalue weighted by Crippen LogP contribution is -2.36. The highest BCUT2D eigenvalue weighted by Crippen LogP contribution is 2.39. The number of nitrogens with zero attached hydrogens (tertiary/aromatic N) is 3. The van der Waals surface area contributed by atoms with Gasteiger partial charge in [0.1, 0.15) is 17.4 Å². The molecule has 1 N–H and O–H groups in total. The molecule has 1 aromatic carbocycles. The summed E-state index contributed by atoms with van der Waals surface area (Å²) in [5.74, 6) is 0.131. The number of nitriles is 1. The van der Waals surface area contributed by atoms with Crippen LogP contribution in [0.1, 0.15) is 11.3 Å². The largest absolute Gasteiger partial charge is 0.467 e. The molecule has 166 valence electrons. The first-order chi connectivity index (χ1) is 15.3. The van der Waals surface area contributed by atoms with E-state index in [0.717, 1.165) is 5.56 Å². The standard InChI is InChI=1S/C21H19ClN4O4S2/c22-16-5-3-14(4-6-16)11-26-18-12-32(28,29)13-19(18)31-21(26)25-9-15(8-23)20(27)24-10-17-2-1-7-30-17/h1-7,9,18-19H,10-13H2,(H,24,27)/b15-9+,25-21?/t18-,19+/m1/s1. The van der Waals surface area contributed by atoms with Crippen molar-refractivity contribution in [2.24, 2.45) is 4.99 Å². The highest BCUT2D eigenvalue weighted by molar-refractivity contribution is 8.15. The van der Waals surface area contributed by atoms with Gasteiger partial charge in [0.25, 0.3) is 5.91 Å². The lowest BCUT2D eigenvalue weighted by atomic mass is 10.1. The van der Waals surface area contributed by atoms with Crippen molar-refractivity contribution in [3.63, 3.8) is 0 Å². The molecule has 0 radical (unpaired) electrons. The van der Waals surface area contributed by atoms with Gasteiger partial charge < -0.3 is 14.6 Å². The summed E-state index contributed by atoms with van der Waals surface area (Å²) in [6.45, 7) is 0.598. The number of furan rings is 1. The zero-order valence-electron chi connectivity index (χ0n) is 16.8. The van der Waals surface area contributed by atoms with Gasteiger partial charge in [-0.25, -0.2) is 13.4 Å². The van der Waals surface area contributed by atoms with Gasteiger partial charge in [-0.2, -0.15) is 5.26 Å². The maximum absolute atomic E-state index is 12.3. The lowest BCUT2D eigenvalue weighted by molar-refractivity contribution is -0.117. The first-order valence-corrected chi connectivity index (χ1v) is 12.8. The molecule has 0 unspecified atom stereocenters. The molecule has 0 bridgehead atoms. The summed E-state index contributed by atoms with van der Waals surface area (Å²) in [7, 11) is -3.12. The summed E-state index contributed by atoms with van der Waals surface area (Å²) >= 11 is 7.33. The molecule has 11 heteroatoms. The Balaban J connectivity index is 1.54. The quantitative estimate of drug-likeness (QED) is 0.488. The molecule has 0 spiro atoms. The van der Waals surface area contributed by atoms with Gasteiger partial charge >= 0.3 is 0 Å². The van der Waals surface area contributed by atoms with Crippen molar-refractivity contribution in [1.29, 1.82) is 5.26 Å². The average molecular weight is 491 g/mol. The van der Waals surface area contributed by atoms with Crippen molar-refractivity contribution in [3.05, 3.63) is 70.8 Å². The van der Waals surface area contributed by atoms with E-state index in [1.165, 1.54) is 24.2 Å². The number of rotatable bonds is 6. The van der Waals surface area contributed by atoms with Crippen molar-refractivity contribution in [1.82, 2.24) is 10.2 Å². The second-order valence-electron chi connectivity index (χ2n) is 7.38. The lowest BCUT2D eigenvalue weighted by Gasteiger charge is -2.24. The summed E-state index contributed by atoms with van der Waals surface area (Å²) in [4.78, 5) is 18.7. The molecular formula is C21H19ClN4O4S2. The van der Waals surface area contributed by atoms with E-state index in [0.29, 0.717) is 22.5 Å². The molecule has 2 atom stereocenters. The van der Waals surface area contributed by atoms with E-state index < -0.39 is 15.7 Å². The van der Waals surface area contributed by atoms with E-state index in [1.54, 1.807) is 24.3 Å². The van der Waals surface area contributed by atoms with Gasteiger partial charge in [0.15, 0.2) is 15.0 Å². The average Bonchev–Trinajstić information content (AvgIpc) is 3.45. The van der Waals surface area contributed by atoms with Gasteiger partial charge in [-0.3, -0.25) is 4.79 Å². The van der Waals surface area contributed by atoms with Crippen molar-refractivity contribution in [2.45, 2.75) is 24.4 Å². The minimum absolute atomic E-state index is 0.0513. The van der Waals surface area contributed by atoms with E-state index >= 15 is 0 Å². The number of carbonyl (C=O) groups is 1. The molecule has 1 amide bonds. The van der Waals surface area contributed by atoms with Crippen LogP contribution < -0.4 is 5.32 Å². The second kappa shape index (κ2) is 9.40. The number of amides is 1. The van der Waals surface area contributed by atoms with Gasteiger partial charge in [0, 0.05) is 16.8 Å². The molecule has 4 rings (SSSR count). The topological polar surface area (TPSA) is 116 Å². The van der Waals surface area contributed by atoms with Crippen LogP contribution in [0.5, 0.6) is 0 Å². The zero-order chi connectivity index (χ0) is 22.7. The number of hydrogen-bond acceptors (Lipinski definition) is 7. The fourth-order valence-corrected chi connectivity index (χ4v) is 7.61. The maximum atomic E-state index is 12.3. The maximum Gasteiger partial charge on any atom is 0.263 e. The van der Waals surface area contributed by atoms with Gasteiger partial charge in [-0.15, -0.1) is 0 Å². The SMILES string of the molecule is N#C/C(=C\N=C1S[C@H]2CS(=O)(=O)C[C@H]2N1Cc1ccc(Cl)cc1)C(=O)NCc1ccco1. The molecule has 2 aromatic rings. The van der Waals surface area contributed by atoms with Crippen LogP contribution in [0.4, 0.5) is 0 Å². The minimum Gasteiger partial charge on any atom is -0.467 e. The number of sulfone groups is 1. The zero-order valence-corrected chi connectivity index (χ0v) is 19.2. The van der Waals surface area contributed by atoms with E-state index in [9.17, 15) is 18.5 Å². The molecule has 8 nitrogen and oxygen atoms in total. The number of amidine groups is 1. The van der Waals surface area contributed by atoms with Gasteiger partial charge in [-0.1, -0.05) is 35.5 Å². The van der Waals surface area contributed by atoms with Crippen molar-refractivity contribution in [2.75, 3.05) is 11.5 Å². The Bertz CT molecular complexity index is 1200. The number of fused-ring (bicyclic) bond motifs is 1. The molecule has 1 aromatic heterocycles. The fraction of sp³-hybridized carbons (Fsp3) is 0.286. The van der Waals surface area contributed by atoms with Crippen LogP contribution in [0, 0.1) is 11.3 Å². The molecule has 2 fully saturated rings. The summed E-state index contributed by atoms with van der Waals surface area (Å²) in [5, 5.41) is 13.1. The minimum atomic E-state index is -3.12. The smallest absolute Gasteiger partial charge is 0.263 e. The number of thioether (sulfide) groups is 1. The summed E-state index contributed by atoms with van der Waals surface area (Å²) < 4.78 is 29.5. The second-order valence-corrected chi connectivity index (χ2v) is 11.2. The first-order valence-electron chi connectivity index (χ1n) is 9.71. The molecule has 3 heterocycles. The molecule has 32 heavy (non-hydrogen) atoms. The number of hydrogen-bond donors (Lipinski definition) is 1. The third kappa shape index (κ3) is 5.18. The first kappa shape index (κ1) is 22.5. The monoisotopic (exact) mass is 490 g/mol. The van der Waals surface area contributed by atoms with Crippen LogP contribution in [0.3, 0.4) is 0 Å². The molecule has 2 aliphatic rings. The van der Waals surface area contributed by atoms with Gasteiger partial charge in [0.05, 0.1) is 36.6 Å². The van der Waals surface area contributed by atoms with Crippen LogP contribution in [-0.4, -0.2) is 47.2 Å². The fourth-order valence-electron chi connectivity index (χ4n) is 3.55. The highest BCUT2D eigenvalue weighted by Gasteiger charge is 2.48. The normalized spacial score (nSPS) is 23.2. The number of carbonyl (C=O) groups excluding carboxylic acids is 1. The molecule has 2 aliphatic heterocycles. The Morgan fingerprint density at radius 3 is 2.81 bits per heavy atom. The Hall–Kier alpha value is -2.74. The Kier molecular flexibility index (Phi) is 6.60. The van der Waals surface area contributed by atoms with Crippen molar-refractivity contribution < 1.29 is 17.6 Å². The van der Waals surface area contributed by atoms with E-state index in [4.69, 9.17) is 16.0 Å². The number of nitrogens with one attached hydrogen (secondary N) is 1. The van der Waals surface area contributed by atoms with Crippen molar-refractivity contribution >= 4 is 44.3 Å². The van der Waals surface area contributed by atoms with E-state index in [-0.39, 0.29) is 34.9 Å². The Morgan fingerprint density at radius 1 is 1.34 bits per heavy atom. The number of aliphatic imine (C=N–C) groups is 1. The Morgan fingerprint density at radius 2 is 2.12 bits per heavy atom. The highest BCUT2D eigenvalue weighted by atomic mass is 35.5. The van der Waals surface area contributed by atoms with Crippen LogP contribution >= 0.6 is 23.4 Å². The van der Waals surface area contributed by atoms with E-state index in [1.807, 2.05) is 23.1 Å². The molecular weight excluding hydrogens is 472 g/mol. The summed E-state index contributed by atoms with van der Waals surface area (Å²) in [6, 6.07) is 12.4. The van der Waals surface area contributed by atoms with Crippen molar-refractivity contribution in [3.8, 4) is 6.07 Å². The Labute approximate surface area is 194 Å². The molecule has 0 saturated carbocycles. The third-order valence-corrected chi connectivity index (χ3v) is 8.63.